The van der Waals surface area contributed by atoms with Crippen molar-refractivity contribution in [3.05, 3.63) is 41.7 Å². The number of likely N-dealkylation sites (tertiary alicyclic amines) is 1. The molecule has 0 aliphatic carbocycles. The number of nitrogens with zero attached hydrogens (tertiary/aromatic N) is 7. The number of H-pyrrole nitrogens is 1. The minimum Gasteiger partial charge on any atom is -0.496 e. The largest absolute Gasteiger partial charge is 0.496 e. The number of fused-ring (bicyclic) bond motifs is 2. The minimum absolute atomic E-state index is 0.00779. The number of amides is 1. The van der Waals surface area contributed by atoms with Crippen LogP contribution in [0.25, 0.3) is 22.4 Å². The molecular weight excluding hydrogens is 452 g/mol. The number of pyridine rings is 1. The van der Waals surface area contributed by atoms with Crippen molar-refractivity contribution < 1.29 is 19.1 Å². The van der Waals surface area contributed by atoms with Gasteiger partial charge in [-0.25, -0.2) is 10.1 Å². The molecule has 12 heteroatoms. The van der Waals surface area contributed by atoms with Crippen molar-refractivity contribution in [3.8, 4) is 22.9 Å². The number of aryl methyl sites for hydroxylation is 1. The van der Waals surface area contributed by atoms with Crippen molar-refractivity contribution >= 4 is 22.7 Å². The van der Waals surface area contributed by atoms with Crippen LogP contribution in [0.5, 0.6) is 11.5 Å². The van der Waals surface area contributed by atoms with Gasteiger partial charge in [-0.2, -0.15) is 5.10 Å². The molecule has 178 valence electrons. The Morgan fingerprint density at radius 2 is 2.06 bits per heavy atom. The first-order chi connectivity index (χ1) is 17.0. The molecule has 1 N–H and O–H groups in total. The van der Waals surface area contributed by atoms with Gasteiger partial charge in [-0.05, 0) is 28.6 Å². The van der Waals surface area contributed by atoms with Crippen molar-refractivity contribution in [2.75, 3.05) is 20.2 Å². The van der Waals surface area contributed by atoms with Crippen molar-refractivity contribution in [3.63, 3.8) is 0 Å². The number of ketones is 1. The smallest absolute Gasteiger partial charge is 0.272 e. The second-order valence-corrected chi connectivity index (χ2v) is 8.85. The summed E-state index contributed by atoms with van der Waals surface area (Å²) in [5, 5.41) is 18.7. The van der Waals surface area contributed by atoms with Gasteiger partial charge in [0.25, 0.3) is 5.91 Å². The number of carbonyl (C=O) groups excluding carboxylic acids is 2. The van der Waals surface area contributed by atoms with Crippen LogP contribution in [-0.4, -0.2) is 77.8 Å². The predicted octanol–water partition coefficient (Wildman–Crippen LogP) is 1.80. The summed E-state index contributed by atoms with van der Waals surface area (Å²) in [5.41, 5.74) is 1.49. The molecule has 0 saturated carbocycles. The van der Waals surface area contributed by atoms with Crippen molar-refractivity contribution in [1.82, 2.24) is 40.3 Å². The molecule has 5 heterocycles. The number of piperidine rings is 1. The summed E-state index contributed by atoms with van der Waals surface area (Å²) in [6, 6.07) is 7.00. The highest BCUT2D eigenvalue weighted by atomic mass is 16.5. The third kappa shape index (κ3) is 3.49. The number of rotatable bonds is 3. The zero-order valence-corrected chi connectivity index (χ0v) is 19.2. The molecule has 1 saturated heterocycles. The van der Waals surface area contributed by atoms with Gasteiger partial charge < -0.3 is 14.4 Å². The molecule has 0 unspecified atom stereocenters. The fourth-order valence-corrected chi connectivity index (χ4v) is 4.85. The van der Waals surface area contributed by atoms with Crippen molar-refractivity contribution in [2.24, 2.45) is 7.05 Å². The Morgan fingerprint density at radius 3 is 2.80 bits per heavy atom. The van der Waals surface area contributed by atoms with Crippen LogP contribution in [0, 0.1) is 0 Å². The number of hydrogen-bond donors (Lipinski definition) is 1. The highest BCUT2D eigenvalue weighted by Gasteiger charge is 2.44. The van der Waals surface area contributed by atoms with Gasteiger partial charge in [-0.3, -0.25) is 14.3 Å². The first-order valence-electron chi connectivity index (χ1n) is 11.2. The molecule has 35 heavy (non-hydrogen) atoms. The van der Waals surface area contributed by atoms with Crippen LogP contribution in [-0.2, 0) is 7.05 Å². The lowest BCUT2D eigenvalue weighted by Crippen LogP contribution is -2.52. The lowest BCUT2D eigenvalue weighted by molar-refractivity contribution is -0.00583. The average Bonchev–Trinajstić information content (AvgIpc) is 3.54. The van der Waals surface area contributed by atoms with E-state index in [9.17, 15) is 9.59 Å². The van der Waals surface area contributed by atoms with Crippen LogP contribution < -0.4 is 9.47 Å². The Labute approximate surface area is 199 Å². The molecule has 2 aliphatic rings. The second kappa shape index (κ2) is 7.86. The molecule has 1 amide bonds. The topological polar surface area (TPSA) is 141 Å². The van der Waals surface area contributed by atoms with E-state index in [2.05, 4.69) is 30.7 Å². The maximum atomic E-state index is 13.3. The Bertz CT molecular complexity index is 1450. The lowest BCUT2D eigenvalue weighted by Gasteiger charge is -2.43. The van der Waals surface area contributed by atoms with E-state index in [1.807, 2.05) is 6.07 Å². The van der Waals surface area contributed by atoms with E-state index >= 15 is 0 Å². The maximum Gasteiger partial charge on any atom is 0.272 e. The molecule has 1 aromatic carbocycles. The van der Waals surface area contributed by atoms with Gasteiger partial charge in [-0.15, -0.1) is 5.10 Å². The van der Waals surface area contributed by atoms with Gasteiger partial charge in [0, 0.05) is 44.6 Å². The third-order valence-corrected chi connectivity index (χ3v) is 6.78. The molecule has 3 aromatic heterocycles. The standard InChI is InChI=1S/C23H22N8O4/c1-30-21-15(12-24-30)19(34-2)10-16(25-21)22(33)31-7-5-23(6-8-31)11-17(32)14-9-13(3-4-18(14)35-23)20-26-28-29-27-20/h3-4,9-10,12H,5-8,11H2,1-2H3,(H,26,27,28,29). The molecular formula is C23H22N8O4. The number of nitrogens with one attached hydrogen (secondary N) is 1. The predicted molar refractivity (Wildman–Crippen MR) is 122 cm³/mol. The highest BCUT2D eigenvalue weighted by molar-refractivity contribution is 6.01. The summed E-state index contributed by atoms with van der Waals surface area (Å²) >= 11 is 0. The Hall–Kier alpha value is -4.35. The maximum absolute atomic E-state index is 13.3. The Kier molecular flexibility index (Phi) is 4.76. The van der Waals surface area contributed by atoms with Gasteiger partial charge in [0.15, 0.2) is 17.3 Å². The SMILES string of the molecule is COc1cc(C(=O)N2CCC3(CC2)CC(=O)c2cc(-c4nnn[nH]4)ccc2O3)nc2c1cnn2C. The molecule has 12 nitrogen and oxygen atoms in total. The molecule has 6 rings (SSSR count). The van der Waals surface area contributed by atoms with Crippen LogP contribution >= 0.6 is 0 Å². The van der Waals surface area contributed by atoms with Gasteiger partial charge in [0.1, 0.15) is 22.8 Å². The van der Waals surface area contributed by atoms with E-state index in [0.717, 1.165) is 10.9 Å². The number of tetrazole rings is 1. The van der Waals surface area contributed by atoms with Crippen molar-refractivity contribution in [1.29, 1.82) is 0 Å². The summed E-state index contributed by atoms with van der Waals surface area (Å²) in [7, 11) is 3.33. The van der Waals surface area contributed by atoms with E-state index in [1.165, 1.54) is 0 Å². The van der Waals surface area contributed by atoms with E-state index in [0.29, 0.717) is 60.2 Å². The summed E-state index contributed by atoms with van der Waals surface area (Å²) < 4.78 is 13.4. The zero-order chi connectivity index (χ0) is 24.2. The highest BCUT2D eigenvalue weighted by Crippen LogP contribution is 2.40. The summed E-state index contributed by atoms with van der Waals surface area (Å²) in [5.74, 6) is 1.41. The normalized spacial score (nSPS) is 16.9. The van der Waals surface area contributed by atoms with Gasteiger partial charge in [0.2, 0.25) is 0 Å². The van der Waals surface area contributed by atoms with Gasteiger partial charge in [-0.1, -0.05) is 0 Å². The van der Waals surface area contributed by atoms with Crippen LogP contribution in [0.2, 0.25) is 0 Å². The number of aromatic amines is 1. The second-order valence-electron chi connectivity index (χ2n) is 8.85. The number of aromatic nitrogens is 7. The first kappa shape index (κ1) is 21.2. The zero-order valence-electron chi connectivity index (χ0n) is 19.2. The fourth-order valence-electron chi connectivity index (χ4n) is 4.85. The van der Waals surface area contributed by atoms with Crippen LogP contribution in [0.3, 0.4) is 0 Å². The number of hydrogen-bond acceptors (Lipinski definition) is 9. The Balaban J connectivity index is 1.20. The summed E-state index contributed by atoms with van der Waals surface area (Å²) in [4.78, 5) is 32.6. The number of carbonyl (C=O) groups is 2. The quantitative estimate of drug-likeness (QED) is 0.470. The van der Waals surface area contributed by atoms with E-state index in [1.54, 1.807) is 48.1 Å². The molecule has 4 aromatic rings. The van der Waals surface area contributed by atoms with E-state index in [4.69, 9.17) is 9.47 Å². The van der Waals surface area contributed by atoms with E-state index < -0.39 is 5.60 Å². The van der Waals surface area contributed by atoms with Crippen molar-refractivity contribution in [2.45, 2.75) is 24.9 Å². The summed E-state index contributed by atoms with van der Waals surface area (Å²) in [6.07, 6.45) is 3.01. The van der Waals surface area contributed by atoms with E-state index in [-0.39, 0.29) is 18.1 Å². The number of ether oxygens (including phenoxy) is 2. The number of Topliss-reactive ketones (excluding diaryl/α,β-unsaturated/α-hetero) is 1. The molecule has 1 spiro atoms. The van der Waals surface area contributed by atoms with Crippen LogP contribution in [0.4, 0.5) is 0 Å². The lowest BCUT2D eigenvalue weighted by atomic mass is 9.82. The molecule has 0 bridgehead atoms. The average molecular weight is 474 g/mol. The number of methoxy groups -OCH3 is 1. The molecule has 2 aliphatic heterocycles. The summed E-state index contributed by atoms with van der Waals surface area (Å²) in [6.45, 7) is 0.910. The van der Waals surface area contributed by atoms with Gasteiger partial charge >= 0.3 is 0 Å². The first-order valence-corrected chi connectivity index (χ1v) is 11.2. The molecule has 0 atom stereocenters. The van der Waals surface area contributed by atoms with Gasteiger partial charge in [0.05, 0.1) is 30.7 Å². The third-order valence-electron chi connectivity index (χ3n) is 6.78. The Morgan fingerprint density at radius 1 is 1.23 bits per heavy atom. The van der Waals surface area contributed by atoms with Crippen LogP contribution in [0.15, 0.2) is 30.5 Å². The van der Waals surface area contributed by atoms with Crippen LogP contribution in [0.1, 0.15) is 40.1 Å². The number of benzene rings is 1. The monoisotopic (exact) mass is 474 g/mol. The molecule has 0 radical (unpaired) electrons. The molecule has 1 fully saturated rings. The minimum atomic E-state index is -0.632. The fraction of sp³-hybridized carbons (Fsp3) is 0.348.